The molecular formula is C29H42N6O2. The minimum Gasteiger partial charge on any atom is -0.508 e. The fraction of sp³-hybridized carbons (Fsp3) is 0.517. The second-order valence-corrected chi connectivity index (χ2v) is 10.6. The van der Waals surface area contributed by atoms with Crippen molar-refractivity contribution >= 4 is 17.4 Å². The Hall–Kier alpha value is -2.94. The Morgan fingerprint density at radius 3 is 2.14 bits per heavy atom. The monoisotopic (exact) mass is 506 g/mol. The molecule has 0 saturated carbocycles. The topological polar surface area (TPSA) is 101 Å². The Labute approximate surface area is 221 Å². The molecule has 2 fully saturated rings. The summed E-state index contributed by atoms with van der Waals surface area (Å²) in [6, 6.07) is 10.9. The molecule has 2 aliphatic heterocycles. The van der Waals surface area contributed by atoms with Crippen LogP contribution < -0.4 is 4.90 Å². The normalized spacial score (nSPS) is 18.1. The van der Waals surface area contributed by atoms with Gasteiger partial charge in [0.15, 0.2) is 0 Å². The zero-order valence-corrected chi connectivity index (χ0v) is 22.5. The molecule has 37 heavy (non-hydrogen) atoms. The van der Waals surface area contributed by atoms with E-state index in [0.717, 1.165) is 38.6 Å². The number of aromatic hydroxyl groups is 2. The van der Waals surface area contributed by atoms with Crippen molar-refractivity contribution in [1.29, 1.82) is 10.8 Å². The smallest absolute Gasteiger partial charge is 0.141 e. The molecule has 0 unspecified atom stereocenters. The van der Waals surface area contributed by atoms with E-state index in [1.54, 1.807) is 13.0 Å². The van der Waals surface area contributed by atoms with Gasteiger partial charge in [-0.15, -0.1) is 0 Å². The molecule has 0 aromatic heterocycles. The van der Waals surface area contributed by atoms with Gasteiger partial charge in [0.05, 0.1) is 5.56 Å². The lowest BCUT2D eigenvalue weighted by molar-refractivity contribution is 0.0964. The van der Waals surface area contributed by atoms with Crippen molar-refractivity contribution in [3.05, 3.63) is 53.1 Å². The third-order valence-corrected chi connectivity index (χ3v) is 7.81. The summed E-state index contributed by atoms with van der Waals surface area (Å²) in [5.74, 6) is 0.878. The average Bonchev–Trinajstić information content (AvgIpc) is 2.87. The van der Waals surface area contributed by atoms with Gasteiger partial charge in [0, 0.05) is 51.0 Å². The van der Waals surface area contributed by atoms with Crippen LogP contribution in [0.4, 0.5) is 5.69 Å². The number of hydrogen-bond acceptors (Lipinski definition) is 7. The molecule has 4 N–H and O–H groups in total. The van der Waals surface area contributed by atoms with Gasteiger partial charge in [0.25, 0.3) is 0 Å². The Morgan fingerprint density at radius 1 is 0.919 bits per heavy atom. The van der Waals surface area contributed by atoms with Crippen molar-refractivity contribution < 1.29 is 10.2 Å². The first-order chi connectivity index (χ1) is 17.7. The van der Waals surface area contributed by atoms with Crippen molar-refractivity contribution in [2.24, 2.45) is 5.92 Å². The largest absolute Gasteiger partial charge is 0.508 e. The number of piperidine rings is 1. The van der Waals surface area contributed by atoms with Gasteiger partial charge in [-0.05, 0) is 81.6 Å². The van der Waals surface area contributed by atoms with E-state index in [0.29, 0.717) is 23.2 Å². The van der Waals surface area contributed by atoms with Crippen LogP contribution in [0.1, 0.15) is 43.4 Å². The van der Waals surface area contributed by atoms with E-state index < -0.39 is 0 Å². The zero-order chi connectivity index (χ0) is 26.5. The van der Waals surface area contributed by atoms with Crippen LogP contribution in [0.5, 0.6) is 11.5 Å². The van der Waals surface area contributed by atoms with Gasteiger partial charge in [0.2, 0.25) is 0 Å². The van der Waals surface area contributed by atoms with Gasteiger partial charge in [0.1, 0.15) is 23.2 Å². The number of hydrogen-bond donors (Lipinski definition) is 4. The fourth-order valence-corrected chi connectivity index (χ4v) is 5.45. The number of aryl methyl sites for hydroxylation is 1. The second kappa shape index (κ2) is 12.1. The number of anilines is 1. The minimum atomic E-state index is -0.169. The third-order valence-electron chi connectivity index (χ3n) is 7.81. The number of benzene rings is 2. The standard InChI is InChI=1S/C29H42N6O2/c1-4-24-17-26(28(37)18-27(24)36)29(31)35(21(2)30)25-7-5-22(6-8-25)19-33-13-15-34(16-14-33)20-23-9-11-32(3)12-10-23/h5-8,17-18,23,30-31,36-37H,4,9-16,19-20H2,1-3H3. The lowest BCUT2D eigenvalue weighted by Crippen LogP contribution is -2.48. The summed E-state index contributed by atoms with van der Waals surface area (Å²) in [7, 11) is 2.22. The van der Waals surface area contributed by atoms with Gasteiger partial charge in [-0.2, -0.15) is 0 Å². The highest BCUT2D eigenvalue weighted by molar-refractivity contribution is 6.23. The first-order valence-electron chi connectivity index (χ1n) is 13.5. The number of amidine groups is 2. The number of likely N-dealkylation sites (tertiary alicyclic amines) is 1. The van der Waals surface area contributed by atoms with Crippen LogP contribution in [0.3, 0.4) is 0 Å². The summed E-state index contributed by atoms with van der Waals surface area (Å²) >= 11 is 0. The molecule has 0 atom stereocenters. The van der Waals surface area contributed by atoms with Gasteiger partial charge in [-0.1, -0.05) is 19.1 Å². The Morgan fingerprint density at radius 2 is 1.54 bits per heavy atom. The lowest BCUT2D eigenvalue weighted by Gasteiger charge is -2.38. The van der Waals surface area contributed by atoms with Crippen LogP contribution in [0, 0.1) is 16.7 Å². The maximum Gasteiger partial charge on any atom is 0.141 e. The van der Waals surface area contributed by atoms with E-state index in [4.69, 9.17) is 10.8 Å². The molecule has 2 aromatic rings. The quantitative estimate of drug-likeness (QED) is 0.335. The highest BCUT2D eigenvalue weighted by atomic mass is 16.3. The van der Waals surface area contributed by atoms with E-state index in [1.807, 2.05) is 19.1 Å². The number of phenolic OH excluding ortho intramolecular Hbond substituents is 2. The van der Waals surface area contributed by atoms with Crippen LogP contribution in [0.25, 0.3) is 0 Å². The molecule has 0 spiro atoms. The average molecular weight is 507 g/mol. The van der Waals surface area contributed by atoms with Crippen LogP contribution in [0.15, 0.2) is 36.4 Å². The summed E-state index contributed by atoms with van der Waals surface area (Å²) < 4.78 is 0. The molecule has 2 saturated heterocycles. The summed E-state index contributed by atoms with van der Waals surface area (Å²) in [5, 5.41) is 37.5. The van der Waals surface area contributed by atoms with Crippen molar-refractivity contribution in [2.75, 3.05) is 57.8 Å². The molecule has 2 aliphatic rings. The van der Waals surface area contributed by atoms with Crippen molar-refractivity contribution in [2.45, 2.75) is 39.7 Å². The molecule has 8 heteroatoms. The van der Waals surface area contributed by atoms with Crippen molar-refractivity contribution in [1.82, 2.24) is 14.7 Å². The fourth-order valence-electron chi connectivity index (χ4n) is 5.45. The number of phenols is 2. The third kappa shape index (κ3) is 6.69. The molecule has 0 bridgehead atoms. The summed E-state index contributed by atoms with van der Waals surface area (Å²) in [6.45, 7) is 12.5. The molecule has 0 aliphatic carbocycles. The number of nitrogens with zero attached hydrogens (tertiary/aromatic N) is 4. The molecule has 200 valence electrons. The molecule has 0 amide bonds. The lowest BCUT2D eigenvalue weighted by atomic mass is 9.96. The Balaban J connectivity index is 1.35. The van der Waals surface area contributed by atoms with Crippen molar-refractivity contribution in [3.8, 4) is 11.5 Å². The maximum atomic E-state index is 10.4. The molecule has 8 nitrogen and oxygen atoms in total. The predicted molar refractivity (Wildman–Crippen MR) is 150 cm³/mol. The van der Waals surface area contributed by atoms with Gasteiger partial charge in [-0.3, -0.25) is 20.6 Å². The van der Waals surface area contributed by atoms with Crippen LogP contribution >= 0.6 is 0 Å². The second-order valence-electron chi connectivity index (χ2n) is 10.6. The first kappa shape index (κ1) is 27.1. The van der Waals surface area contributed by atoms with Crippen LogP contribution in [-0.4, -0.2) is 89.4 Å². The van der Waals surface area contributed by atoms with E-state index in [-0.39, 0.29) is 23.2 Å². The van der Waals surface area contributed by atoms with Crippen molar-refractivity contribution in [3.63, 3.8) is 0 Å². The number of rotatable bonds is 7. The maximum absolute atomic E-state index is 10.4. The SMILES string of the molecule is CCc1cc(C(=N)N(C(C)=N)c2ccc(CN3CCN(CC4CCN(C)CC4)CC3)cc2)c(O)cc1O. The van der Waals surface area contributed by atoms with Crippen LogP contribution in [0.2, 0.25) is 0 Å². The highest BCUT2D eigenvalue weighted by Crippen LogP contribution is 2.30. The Bertz CT molecular complexity index is 1090. The van der Waals surface area contributed by atoms with Gasteiger partial charge < -0.3 is 20.0 Å². The van der Waals surface area contributed by atoms with Gasteiger partial charge >= 0.3 is 0 Å². The first-order valence-corrected chi connectivity index (χ1v) is 13.5. The van der Waals surface area contributed by atoms with E-state index in [9.17, 15) is 10.2 Å². The molecule has 2 heterocycles. The Kier molecular flexibility index (Phi) is 8.84. The summed E-state index contributed by atoms with van der Waals surface area (Å²) in [4.78, 5) is 9.08. The summed E-state index contributed by atoms with van der Waals surface area (Å²) in [5.41, 5.74) is 2.86. The predicted octanol–water partition coefficient (Wildman–Crippen LogP) is 3.95. The van der Waals surface area contributed by atoms with Crippen LogP contribution in [-0.2, 0) is 13.0 Å². The minimum absolute atomic E-state index is 0.00758. The van der Waals surface area contributed by atoms with E-state index in [2.05, 4.69) is 33.9 Å². The molecule has 0 radical (unpaired) electrons. The van der Waals surface area contributed by atoms with E-state index in [1.165, 1.54) is 49.0 Å². The van der Waals surface area contributed by atoms with Gasteiger partial charge in [-0.25, -0.2) is 0 Å². The highest BCUT2D eigenvalue weighted by Gasteiger charge is 2.24. The summed E-state index contributed by atoms with van der Waals surface area (Å²) in [6.07, 6.45) is 3.22. The number of nitrogens with one attached hydrogen (secondary N) is 2. The molecular weight excluding hydrogens is 464 g/mol. The molecule has 4 rings (SSSR count). The molecule has 2 aromatic carbocycles. The van der Waals surface area contributed by atoms with E-state index >= 15 is 0 Å². The number of piperazine rings is 1. The zero-order valence-electron chi connectivity index (χ0n) is 22.5.